The van der Waals surface area contributed by atoms with E-state index < -0.39 is 5.41 Å². The van der Waals surface area contributed by atoms with Crippen LogP contribution in [0.25, 0.3) is 0 Å². The molecule has 1 aliphatic rings. The second-order valence-corrected chi connectivity index (χ2v) is 5.83. The maximum absolute atomic E-state index is 14.4. The fraction of sp³-hybridized carbons (Fsp3) is 0.316. The monoisotopic (exact) mass is 298 g/mol. The Hall–Kier alpha value is -2.16. The fourth-order valence-electron chi connectivity index (χ4n) is 3.43. The minimum atomic E-state index is -0.425. The first-order valence-electron chi connectivity index (χ1n) is 7.57. The quantitative estimate of drug-likeness (QED) is 0.846. The molecule has 22 heavy (non-hydrogen) atoms. The predicted molar refractivity (Wildman–Crippen MR) is 83.6 cm³/mol. The van der Waals surface area contributed by atoms with Crippen molar-refractivity contribution < 1.29 is 13.9 Å². The highest BCUT2D eigenvalue weighted by Crippen LogP contribution is 2.45. The number of rotatable bonds is 3. The van der Waals surface area contributed by atoms with Crippen molar-refractivity contribution in [2.24, 2.45) is 0 Å². The minimum Gasteiger partial charge on any atom is -0.497 e. The van der Waals surface area contributed by atoms with Gasteiger partial charge in [-0.15, -0.1) is 0 Å². The molecule has 1 aliphatic carbocycles. The van der Waals surface area contributed by atoms with E-state index in [1.165, 1.54) is 6.07 Å². The highest BCUT2D eigenvalue weighted by atomic mass is 19.1. The molecule has 0 bridgehead atoms. The Morgan fingerprint density at radius 1 is 1.00 bits per heavy atom. The first-order valence-corrected chi connectivity index (χ1v) is 7.57. The van der Waals surface area contributed by atoms with Gasteiger partial charge in [-0.05, 0) is 42.2 Å². The third-order valence-corrected chi connectivity index (χ3v) is 4.69. The minimum absolute atomic E-state index is 0.201. The molecule has 2 nitrogen and oxygen atoms in total. The maximum atomic E-state index is 14.4. The molecule has 1 saturated carbocycles. The van der Waals surface area contributed by atoms with Gasteiger partial charge in [-0.2, -0.15) is 0 Å². The number of halogens is 1. The molecule has 1 fully saturated rings. The number of methoxy groups -OCH3 is 1. The Balaban J connectivity index is 2.10. The number of hydrogen-bond donors (Lipinski definition) is 0. The highest BCUT2D eigenvalue weighted by Gasteiger charge is 2.39. The summed E-state index contributed by atoms with van der Waals surface area (Å²) in [6.07, 6.45) is 2.30. The molecule has 0 N–H and O–H groups in total. The van der Waals surface area contributed by atoms with E-state index in [4.69, 9.17) is 4.74 Å². The molecule has 3 rings (SSSR count). The van der Waals surface area contributed by atoms with Crippen molar-refractivity contribution in [3.05, 3.63) is 65.5 Å². The lowest BCUT2D eigenvalue weighted by molar-refractivity contribution is -0.121. The van der Waals surface area contributed by atoms with Gasteiger partial charge in [-0.3, -0.25) is 4.79 Å². The Morgan fingerprint density at radius 3 is 2.23 bits per heavy atom. The van der Waals surface area contributed by atoms with Gasteiger partial charge in [0.15, 0.2) is 0 Å². The molecule has 0 unspecified atom stereocenters. The fourth-order valence-corrected chi connectivity index (χ4v) is 3.43. The van der Waals surface area contributed by atoms with E-state index in [-0.39, 0.29) is 11.6 Å². The standard InChI is InChI=1S/C19H19FO2/c1-22-16-8-6-14(7-9-16)19(12-10-15(21)11-13-19)17-4-2-3-5-18(17)20/h2-9H,10-13H2,1H3. The number of Topliss-reactive ketones (excluding diaryl/α,β-unsaturated/α-hetero) is 1. The molecular weight excluding hydrogens is 279 g/mol. The van der Waals surface area contributed by atoms with E-state index in [9.17, 15) is 9.18 Å². The summed E-state index contributed by atoms with van der Waals surface area (Å²) in [4.78, 5) is 11.7. The van der Waals surface area contributed by atoms with Gasteiger partial charge in [0.05, 0.1) is 7.11 Å². The number of benzene rings is 2. The maximum Gasteiger partial charge on any atom is 0.133 e. The van der Waals surface area contributed by atoms with E-state index in [0.29, 0.717) is 31.2 Å². The van der Waals surface area contributed by atoms with Crippen molar-refractivity contribution in [2.75, 3.05) is 7.11 Å². The summed E-state index contributed by atoms with van der Waals surface area (Å²) in [6.45, 7) is 0. The van der Waals surface area contributed by atoms with Crippen LogP contribution in [0.3, 0.4) is 0 Å². The molecule has 2 aromatic carbocycles. The number of ketones is 1. The van der Waals surface area contributed by atoms with Crippen LogP contribution < -0.4 is 4.74 Å². The molecular formula is C19H19FO2. The molecule has 0 radical (unpaired) electrons. The summed E-state index contributed by atoms with van der Waals surface area (Å²) in [5.74, 6) is 0.840. The van der Waals surface area contributed by atoms with Crippen LogP contribution in [0.1, 0.15) is 36.8 Å². The summed E-state index contributed by atoms with van der Waals surface area (Å²) < 4.78 is 19.6. The van der Waals surface area contributed by atoms with Crippen LogP contribution in [0.2, 0.25) is 0 Å². The van der Waals surface area contributed by atoms with E-state index >= 15 is 0 Å². The molecule has 0 aromatic heterocycles. The lowest BCUT2D eigenvalue weighted by Crippen LogP contribution is -2.34. The van der Waals surface area contributed by atoms with Crippen molar-refractivity contribution in [3.8, 4) is 5.75 Å². The van der Waals surface area contributed by atoms with E-state index in [1.54, 1.807) is 13.2 Å². The SMILES string of the molecule is COc1ccc(C2(c3ccccc3F)CCC(=O)CC2)cc1. The summed E-state index contributed by atoms with van der Waals surface area (Å²) in [7, 11) is 1.63. The molecule has 0 heterocycles. The molecule has 0 spiro atoms. The van der Waals surface area contributed by atoms with E-state index in [1.807, 2.05) is 36.4 Å². The number of ether oxygens (including phenoxy) is 1. The molecule has 0 atom stereocenters. The van der Waals surface area contributed by atoms with Gasteiger partial charge >= 0.3 is 0 Å². The van der Waals surface area contributed by atoms with Gasteiger partial charge in [0, 0.05) is 18.3 Å². The van der Waals surface area contributed by atoms with Crippen LogP contribution in [0.15, 0.2) is 48.5 Å². The molecule has 114 valence electrons. The van der Waals surface area contributed by atoms with Crippen molar-refractivity contribution >= 4 is 5.78 Å². The predicted octanol–water partition coefficient (Wildman–Crippen LogP) is 4.26. The Bertz CT molecular complexity index is 666. The van der Waals surface area contributed by atoms with Crippen molar-refractivity contribution in [3.63, 3.8) is 0 Å². The molecule has 0 saturated heterocycles. The number of carbonyl (C=O) groups excluding carboxylic acids is 1. The van der Waals surface area contributed by atoms with E-state index in [0.717, 1.165) is 11.3 Å². The zero-order valence-electron chi connectivity index (χ0n) is 12.6. The Kier molecular flexibility index (Phi) is 3.97. The molecule has 3 heteroatoms. The van der Waals surface area contributed by atoms with Crippen molar-refractivity contribution in [2.45, 2.75) is 31.1 Å². The number of hydrogen-bond acceptors (Lipinski definition) is 2. The summed E-state index contributed by atoms with van der Waals surface area (Å²) in [5.41, 5.74) is 1.31. The molecule has 0 amide bonds. The summed E-state index contributed by atoms with van der Waals surface area (Å²) >= 11 is 0. The second-order valence-electron chi connectivity index (χ2n) is 5.83. The number of carbonyl (C=O) groups is 1. The molecule has 0 aliphatic heterocycles. The average molecular weight is 298 g/mol. The zero-order chi connectivity index (χ0) is 15.6. The van der Waals surface area contributed by atoms with E-state index in [2.05, 4.69) is 0 Å². The highest BCUT2D eigenvalue weighted by molar-refractivity contribution is 5.80. The zero-order valence-corrected chi connectivity index (χ0v) is 12.6. The lowest BCUT2D eigenvalue weighted by atomic mass is 9.65. The average Bonchev–Trinajstić information content (AvgIpc) is 2.57. The Morgan fingerprint density at radius 2 is 1.64 bits per heavy atom. The van der Waals surface area contributed by atoms with Gasteiger partial charge in [0.2, 0.25) is 0 Å². The van der Waals surface area contributed by atoms with Crippen LogP contribution in [0.4, 0.5) is 4.39 Å². The first-order chi connectivity index (χ1) is 10.7. The third-order valence-electron chi connectivity index (χ3n) is 4.69. The van der Waals surface area contributed by atoms with Gasteiger partial charge < -0.3 is 4.74 Å². The molecule has 2 aromatic rings. The van der Waals surface area contributed by atoms with Crippen molar-refractivity contribution in [1.29, 1.82) is 0 Å². The normalized spacial score (nSPS) is 17.3. The van der Waals surface area contributed by atoms with Crippen LogP contribution >= 0.6 is 0 Å². The van der Waals surface area contributed by atoms with Gasteiger partial charge in [0.25, 0.3) is 0 Å². The topological polar surface area (TPSA) is 26.3 Å². The summed E-state index contributed by atoms with van der Waals surface area (Å²) in [5, 5.41) is 0. The van der Waals surface area contributed by atoms with Crippen LogP contribution in [0, 0.1) is 5.82 Å². The Labute approximate surface area is 129 Å². The lowest BCUT2D eigenvalue weighted by Gasteiger charge is -2.38. The second kappa shape index (κ2) is 5.91. The van der Waals surface area contributed by atoms with Crippen LogP contribution in [-0.4, -0.2) is 12.9 Å². The first kappa shape index (κ1) is 14.8. The largest absolute Gasteiger partial charge is 0.497 e. The van der Waals surface area contributed by atoms with Gasteiger partial charge in [-0.25, -0.2) is 4.39 Å². The third kappa shape index (κ3) is 2.52. The van der Waals surface area contributed by atoms with Crippen LogP contribution in [0.5, 0.6) is 5.75 Å². The van der Waals surface area contributed by atoms with Gasteiger partial charge in [-0.1, -0.05) is 30.3 Å². The van der Waals surface area contributed by atoms with Crippen molar-refractivity contribution in [1.82, 2.24) is 0 Å². The van der Waals surface area contributed by atoms with Crippen LogP contribution in [-0.2, 0) is 10.2 Å². The van der Waals surface area contributed by atoms with Gasteiger partial charge in [0.1, 0.15) is 17.3 Å². The smallest absolute Gasteiger partial charge is 0.133 e. The summed E-state index contributed by atoms with van der Waals surface area (Å²) in [6, 6.07) is 14.7.